The van der Waals surface area contributed by atoms with E-state index < -0.39 is 15.8 Å². The molecule has 0 amide bonds. The average molecular weight is 380 g/mol. The smallest absolute Gasteiger partial charge is 0.263 e. The summed E-state index contributed by atoms with van der Waals surface area (Å²) in [4.78, 5) is 0.584. The lowest BCUT2D eigenvalue weighted by molar-refractivity contribution is 0.285. The first-order valence-corrected chi connectivity index (χ1v) is 8.61. The third-order valence-corrected chi connectivity index (χ3v) is 6.18. The van der Waals surface area contributed by atoms with Crippen molar-refractivity contribution in [2.75, 3.05) is 4.72 Å². The summed E-state index contributed by atoms with van der Waals surface area (Å²) in [5.74, 6) is -0.396. The molecule has 0 fully saturated rings. The van der Waals surface area contributed by atoms with E-state index in [4.69, 9.17) is 5.11 Å². The van der Waals surface area contributed by atoms with E-state index >= 15 is 0 Å². The normalized spacial score (nSPS) is 11.6. The number of benzene rings is 1. The summed E-state index contributed by atoms with van der Waals surface area (Å²) >= 11 is 4.31. The molecule has 0 atom stereocenters. The van der Waals surface area contributed by atoms with Gasteiger partial charge in [0.25, 0.3) is 10.0 Å². The molecule has 0 saturated carbocycles. The SMILES string of the molecule is Cc1cc(NS(=O)(=O)c2cc(CO)sc2Br)ccc1F. The van der Waals surface area contributed by atoms with Gasteiger partial charge < -0.3 is 5.11 Å². The van der Waals surface area contributed by atoms with E-state index in [0.717, 1.165) is 11.3 Å². The molecule has 4 nitrogen and oxygen atoms in total. The standard InChI is InChI=1S/C12H11BrFNO3S2/c1-7-4-8(2-3-10(7)14)15-20(17,18)11-5-9(6-16)19-12(11)13/h2-5,15-16H,6H2,1H3. The average Bonchev–Trinajstić information content (AvgIpc) is 2.76. The van der Waals surface area contributed by atoms with Gasteiger partial charge in [-0.15, -0.1) is 11.3 Å². The molecular weight excluding hydrogens is 369 g/mol. The van der Waals surface area contributed by atoms with Gasteiger partial charge in [-0.2, -0.15) is 0 Å². The van der Waals surface area contributed by atoms with E-state index in [9.17, 15) is 12.8 Å². The van der Waals surface area contributed by atoms with Crippen molar-refractivity contribution >= 4 is 43.0 Å². The van der Waals surface area contributed by atoms with Crippen molar-refractivity contribution in [2.24, 2.45) is 0 Å². The number of sulfonamides is 1. The Morgan fingerprint density at radius 3 is 2.65 bits per heavy atom. The maximum absolute atomic E-state index is 13.2. The summed E-state index contributed by atoms with van der Waals surface area (Å²) in [6.45, 7) is 1.33. The second kappa shape index (κ2) is 5.80. The van der Waals surface area contributed by atoms with Gasteiger partial charge >= 0.3 is 0 Å². The molecule has 108 valence electrons. The van der Waals surface area contributed by atoms with Gasteiger partial charge in [-0.3, -0.25) is 4.72 Å². The number of rotatable bonds is 4. The Hall–Kier alpha value is -0.960. The lowest BCUT2D eigenvalue weighted by Crippen LogP contribution is -2.12. The van der Waals surface area contributed by atoms with Crippen molar-refractivity contribution in [3.8, 4) is 0 Å². The van der Waals surface area contributed by atoms with Crippen LogP contribution >= 0.6 is 27.3 Å². The lowest BCUT2D eigenvalue weighted by Gasteiger charge is -2.08. The van der Waals surface area contributed by atoms with Crippen LogP contribution in [0.25, 0.3) is 0 Å². The highest BCUT2D eigenvalue weighted by Crippen LogP contribution is 2.32. The van der Waals surface area contributed by atoms with Crippen molar-refractivity contribution in [1.29, 1.82) is 0 Å². The number of hydrogen-bond acceptors (Lipinski definition) is 4. The minimum absolute atomic E-state index is 0.0496. The topological polar surface area (TPSA) is 66.4 Å². The fraction of sp³-hybridized carbons (Fsp3) is 0.167. The molecule has 1 aromatic carbocycles. The van der Waals surface area contributed by atoms with E-state index in [1.165, 1.54) is 24.3 Å². The Kier molecular flexibility index (Phi) is 4.48. The maximum atomic E-state index is 13.2. The van der Waals surface area contributed by atoms with Crippen LogP contribution in [0.1, 0.15) is 10.4 Å². The number of anilines is 1. The Labute approximate surface area is 128 Å². The predicted octanol–water partition coefficient (Wildman–Crippen LogP) is 3.25. The van der Waals surface area contributed by atoms with Crippen molar-refractivity contribution in [1.82, 2.24) is 0 Å². The molecule has 0 spiro atoms. The van der Waals surface area contributed by atoms with Crippen LogP contribution in [-0.4, -0.2) is 13.5 Å². The Balaban J connectivity index is 2.35. The van der Waals surface area contributed by atoms with Gasteiger partial charge in [0.05, 0.1) is 10.4 Å². The molecule has 0 radical (unpaired) electrons. The molecule has 0 saturated heterocycles. The van der Waals surface area contributed by atoms with Crippen LogP contribution in [0.4, 0.5) is 10.1 Å². The molecule has 0 aliphatic heterocycles. The molecule has 0 aliphatic rings. The predicted molar refractivity (Wildman–Crippen MR) is 79.9 cm³/mol. The number of aliphatic hydroxyl groups excluding tert-OH is 1. The molecule has 20 heavy (non-hydrogen) atoms. The van der Waals surface area contributed by atoms with Gasteiger partial charge in [0.2, 0.25) is 0 Å². The summed E-state index contributed by atoms with van der Waals surface area (Å²) in [6.07, 6.45) is 0. The lowest BCUT2D eigenvalue weighted by atomic mass is 10.2. The third kappa shape index (κ3) is 3.20. The van der Waals surface area contributed by atoms with Gasteiger partial charge in [0.1, 0.15) is 10.7 Å². The van der Waals surface area contributed by atoms with Gasteiger partial charge in [0.15, 0.2) is 0 Å². The van der Waals surface area contributed by atoms with Crippen LogP contribution in [-0.2, 0) is 16.6 Å². The largest absolute Gasteiger partial charge is 0.391 e. The van der Waals surface area contributed by atoms with Crippen LogP contribution in [0.15, 0.2) is 32.9 Å². The maximum Gasteiger partial charge on any atom is 0.263 e. The summed E-state index contributed by atoms with van der Waals surface area (Å²) in [5.41, 5.74) is 0.637. The number of halogens is 2. The van der Waals surface area contributed by atoms with E-state index in [0.29, 0.717) is 14.2 Å². The molecule has 0 bridgehead atoms. The zero-order valence-corrected chi connectivity index (χ0v) is 13.6. The quantitative estimate of drug-likeness (QED) is 0.856. The third-order valence-electron chi connectivity index (χ3n) is 2.56. The number of nitrogens with one attached hydrogen (secondary N) is 1. The van der Waals surface area contributed by atoms with Crippen LogP contribution in [0.3, 0.4) is 0 Å². The number of hydrogen-bond donors (Lipinski definition) is 2. The van der Waals surface area contributed by atoms with Crippen molar-refractivity contribution < 1.29 is 17.9 Å². The molecule has 0 aliphatic carbocycles. The first-order chi connectivity index (χ1) is 9.33. The highest BCUT2D eigenvalue weighted by atomic mass is 79.9. The number of thiophene rings is 1. The molecule has 1 aromatic heterocycles. The molecule has 2 aromatic rings. The summed E-state index contributed by atoms with van der Waals surface area (Å²) in [6, 6.07) is 5.37. The highest BCUT2D eigenvalue weighted by molar-refractivity contribution is 9.11. The monoisotopic (exact) mass is 379 g/mol. The van der Waals surface area contributed by atoms with Crippen molar-refractivity contribution in [2.45, 2.75) is 18.4 Å². The van der Waals surface area contributed by atoms with Crippen molar-refractivity contribution in [3.05, 3.63) is 44.3 Å². The molecule has 1 heterocycles. The highest BCUT2D eigenvalue weighted by Gasteiger charge is 2.21. The van der Waals surface area contributed by atoms with E-state index in [-0.39, 0.29) is 17.2 Å². The minimum Gasteiger partial charge on any atom is -0.391 e. The summed E-state index contributed by atoms with van der Waals surface area (Å²) < 4.78 is 40.4. The molecule has 2 N–H and O–H groups in total. The van der Waals surface area contributed by atoms with E-state index in [1.54, 1.807) is 6.92 Å². The second-order valence-corrected chi connectivity index (χ2v) is 8.18. The zero-order chi connectivity index (χ0) is 14.9. The van der Waals surface area contributed by atoms with Crippen LogP contribution in [0.5, 0.6) is 0 Å². The summed E-state index contributed by atoms with van der Waals surface area (Å²) in [7, 11) is -3.78. The molecular formula is C12H11BrFNO3S2. The Morgan fingerprint density at radius 1 is 1.40 bits per heavy atom. The summed E-state index contributed by atoms with van der Waals surface area (Å²) in [5, 5.41) is 9.03. The first kappa shape index (κ1) is 15.4. The molecule has 8 heteroatoms. The molecule has 0 unspecified atom stereocenters. The van der Waals surface area contributed by atoms with E-state index in [2.05, 4.69) is 20.7 Å². The second-order valence-electron chi connectivity index (χ2n) is 4.08. The number of aryl methyl sites for hydroxylation is 1. The first-order valence-electron chi connectivity index (χ1n) is 5.51. The van der Waals surface area contributed by atoms with Crippen LogP contribution in [0.2, 0.25) is 0 Å². The van der Waals surface area contributed by atoms with Gasteiger partial charge in [0, 0.05) is 10.6 Å². The fourth-order valence-corrected chi connectivity index (χ4v) is 5.17. The van der Waals surface area contributed by atoms with Gasteiger partial charge in [-0.1, -0.05) is 0 Å². The van der Waals surface area contributed by atoms with E-state index in [1.807, 2.05) is 0 Å². The van der Waals surface area contributed by atoms with Crippen LogP contribution in [0, 0.1) is 12.7 Å². The van der Waals surface area contributed by atoms with Gasteiger partial charge in [-0.05, 0) is 52.7 Å². The number of aliphatic hydroxyl groups is 1. The Morgan fingerprint density at radius 2 is 2.10 bits per heavy atom. The van der Waals surface area contributed by atoms with Crippen LogP contribution < -0.4 is 4.72 Å². The van der Waals surface area contributed by atoms with Crippen molar-refractivity contribution in [3.63, 3.8) is 0 Å². The fourth-order valence-electron chi connectivity index (χ4n) is 1.58. The molecule has 2 rings (SSSR count). The minimum atomic E-state index is -3.78. The van der Waals surface area contributed by atoms with Gasteiger partial charge in [-0.25, -0.2) is 12.8 Å². The zero-order valence-electron chi connectivity index (χ0n) is 10.4. The Bertz CT molecular complexity index is 743.